The van der Waals surface area contributed by atoms with Crippen LogP contribution >= 0.6 is 11.3 Å². The Bertz CT molecular complexity index is 3620. The fourth-order valence-corrected chi connectivity index (χ4v) is 10.5. The molecular weight excluding hydrogens is 783 g/mol. The second-order valence-corrected chi connectivity index (χ2v) is 17.1. The van der Waals surface area contributed by atoms with Crippen LogP contribution in [0.1, 0.15) is 0 Å². The molecule has 12 rings (SSSR count). The fraction of sp³-hybridized carbons (Fsp3) is 0. The van der Waals surface area contributed by atoms with E-state index in [2.05, 4.69) is 235 Å². The number of hydrogen-bond acceptors (Lipinski definition) is 3. The molecule has 10 aromatic carbocycles. The number of benzene rings is 10. The van der Waals surface area contributed by atoms with E-state index < -0.39 is 0 Å². The minimum absolute atomic E-state index is 0.880. The van der Waals surface area contributed by atoms with Gasteiger partial charge in [-0.2, -0.15) is 0 Å². The van der Waals surface area contributed by atoms with Crippen molar-refractivity contribution in [1.82, 2.24) is 0 Å². The van der Waals surface area contributed by atoms with Gasteiger partial charge in [-0.1, -0.05) is 188 Å². The number of nitrogens with zero attached hydrogens (tertiary/aromatic N) is 1. The van der Waals surface area contributed by atoms with Gasteiger partial charge in [0.2, 0.25) is 0 Å². The molecule has 63 heavy (non-hydrogen) atoms. The molecule has 0 N–H and O–H groups in total. The Labute approximate surface area is 370 Å². The molecule has 0 amide bonds. The summed E-state index contributed by atoms with van der Waals surface area (Å²) in [5, 5.41) is 4.82. The topological polar surface area (TPSA) is 16.4 Å². The van der Waals surface area contributed by atoms with Crippen LogP contribution in [0.15, 0.2) is 241 Å². The Kier molecular flexibility index (Phi) is 9.06. The number of anilines is 3. The second kappa shape index (κ2) is 15.5. The number of hydrogen-bond donors (Lipinski definition) is 0. The lowest BCUT2D eigenvalue weighted by Crippen LogP contribution is -2.13. The third-order valence-electron chi connectivity index (χ3n) is 12.3. The van der Waals surface area contributed by atoms with E-state index in [9.17, 15) is 0 Å². The number of para-hydroxylation sites is 3. The maximum Gasteiger partial charge on any atom is 0.143 e. The fourth-order valence-electron chi connectivity index (χ4n) is 9.41. The Morgan fingerprint density at radius 1 is 0.317 bits per heavy atom. The maximum absolute atomic E-state index is 6.72. The van der Waals surface area contributed by atoms with Gasteiger partial charge in [0, 0.05) is 53.3 Å². The molecule has 0 aliphatic carbocycles. The summed E-state index contributed by atoms with van der Waals surface area (Å²) >= 11 is 1.85. The molecular formula is C60H39NOS. The molecule has 0 saturated heterocycles. The highest BCUT2D eigenvalue weighted by Gasteiger charge is 2.25. The summed E-state index contributed by atoms with van der Waals surface area (Å²) in [6, 6.07) is 85.5. The summed E-state index contributed by atoms with van der Waals surface area (Å²) in [6.45, 7) is 0. The lowest BCUT2D eigenvalue weighted by molar-refractivity contribution is 0.670. The SMILES string of the molecule is c1ccc(-c2ccccc2-c2c(-c3ccccc3)cccc2N(c2ccc(-c3ccc4sc5ccccc5c4c3)cc2)c2ccccc2-c2cccc3c2oc2ccccc23)cc1. The molecule has 0 bridgehead atoms. The second-order valence-electron chi connectivity index (χ2n) is 16.0. The van der Waals surface area contributed by atoms with Crippen molar-refractivity contribution >= 4 is 70.5 Å². The highest BCUT2D eigenvalue weighted by atomic mass is 32.1. The predicted molar refractivity (Wildman–Crippen MR) is 268 cm³/mol. The summed E-state index contributed by atoms with van der Waals surface area (Å²) in [5.74, 6) is 0. The molecule has 0 spiro atoms. The average molecular weight is 822 g/mol. The first-order valence-corrected chi connectivity index (χ1v) is 22.2. The summed E-state index contributed by atoms with van der Waals surface area (Å²) in [4.78, 5) is 2.46. The van der Waals surface area contributed by atoms with Gasteiger partial charge in [0.05, 0.1) is 11.4 Å². The minimum atomic E-state index is 0.880. The lowest BCUT2D eigenvalue weighted by atomic mass is 9.87. The van der Waals surface area contributed by atoms with Crippen molar-refractivity contribution in [2.24, 2.45) is 0 Å². The van der Waals surface area contributed by atoms with E-state index in [-0.39, 0.29) is 0 Å². The van der Waals surface area contributed by atoms with Crippen molar-refractivity contribution in [3.05, 3.63) is 237 Å². The molecule has 12 aromatic rings. The number of rotatable bonds is 8. The Balaban J connectivity index is 1.11. The Hall–Kier alpha value is -7.98. The molecule has 3 heteroatoms. The number of thiophene rings is 1. The summed E-state index contributed by atoms with van der Waals surface area (Å²) in [5.41, 5.74) is 16.4. The van der Waals surface area contributed by atoms with Crippen molar-refractivity contribution in [2.45, 2.75) is 0 Å². The first kappa shape index (κ1) is 36.8. The first-order valence-electron chi connectivity index (χ1n) is 21.4. The zero-order chi connectivity index (χ0) is 41.7. The lowest BCUT2D eigenvalue weighted by Gasteiger charge is -2.31. The molecule has 2 aromatic heterocycles. The molecule has 0 saturated carbocycles. The van der Waals surface area contributed by atoms with Gasteiger partial charge in [-0.05, 0) is 87.5 Å². The van der Waals surface area contributed by atoms with Crippen molar-refractivity contribution in [3.63, 3.8) is 0 Å². The monoisotopic (exact) mass is 821 g/mol. The molecule has 2 heterocycles. The van der Waals surface area contributed by atoms with Crippen LogP contribution in [0.2, 0.25) is 0 Å². The van der Waals surface area contributed by atoms with Gasteiger partial charge < -0.3 is 9.32 Å². The predicted octanol–water partition coefficient (Wildman–Crippen LogP) is 17.8. The first-order chi connectivity index (χ1) is 31.3. The quantitative estimate of drug-likeness (QED) is 0.152. The summed E-state index contributed by atoms with van der Waals surface area (Å²) < 4.78 is 9.34. The van der Waals surface area contributed by atoms with Crippen molar-refractivity contribution in [3.8, 4) is 55.6 Å². The van der Waals surface area contributed by atoms with Crippen LogP contribution in [-0.2, 0) is 0 Å². The van der Waals surface area contributed by atoms with Gasteiger partial charge >= 0.3 is 0 Å². The third kappa shape index (κ3) is 6.41. The average Bonchev–Trinajstić information content (AvgIpc) is 3.93. The maximum atomic E-state index is 6.72. The van der Waals surface area contributed by atoms with E-state index in [0.717, 1.165) is 72.4 Å². The molecule has 0 unspecified atom stereocenters. The highest BCUT2D eigenvalue weighted by molar-refractivity contribution is 7.25. The van der Waals surface area contributed by atoms with Gasteiger partial charge in [-0.25, -0.2) is 0 Å². The van der Waals surface area contributed by atoms with Crippen molar-refractivity contribution in [2.75, 3.05) is 4.90 Å². The van der Waals surface area contributed by atoms with Gasteiger partial charge in [0.15, 0.2) is 0 Å². The molecule has 0 aliphatic rings. The van der Waals surface area contributed by atoms with E-state index in [1.165, 1.54) is 42.4 Å². The van der Waals surface area contributed by atoms with Crippen LogP contribution in [0, 0.1) is 0 Å². The zero-order valence-corrected chi connectivity index (χ0v) is 35.1. The van der Waals surface area contributed by atoms with Crippen LogP contribution < -0.4 is 4.90 Å². The molecule has 296 valence electrons. The largest absolute Gasteiger partial charge is 0.455 e. The number of furan rings is 1. The Morgan fingerprint density at radius 3 is 1.68 bits per heavy atom. The molecule has 0 atom stereocenters. The standard InChI is InChI=1S/C60H39NOS/c1-3-17-41(18-4-1)45-21-7-8-25-50(45)59-46(42-19-5-2-6-20-42)26-16-30-55(59)61(44-36-33-40(34-37-44)43-35-38-58-53(39-43)49-24-11-14-32-57(49)63-58)54-29-12-9-22-47(54)51-27-15-28-52-48-23-10-13-31-56(48)62-60(51)52/h1-39H. The van der Waals surface area contributed by atoms with Crippen molar-refractivity contribution in [1.29, 1.82) is 0 Å². The van der Waals surface area contributed by atoms with Crippen LogP contribution in [0.3, 0.4) is 0 Å². The van der Waals surface area contributed by atoms with Crippen LogP contribution in [0.4, 0.5) is 17.1 Å². The molecule has 0 radical (unpaired) electrons. The van der Waals surface area contributed by atoms with Gasteiger partial charge in [-0.3, -0.25) is 0 Å². The summed E-state index contributed by atoms with van der Waals surface area (Å²) in [7, 11) is 0. The smallest absolute Gasteiger partial charge is 0.143 e. The third-order valence-corrected chi connectivity index (χ3v) is 13.5. The van der Waals surface area contributed by atoms with Gasteiger partial charge in [0.1, 0.15) is 11.2 Å². The molecule has 0 fully saturated rings. The molecule has 0 aliphatic heterocycles. The minimum Gasteiger partial charge on any atom is -0.455 e. The van der Waals surface area contributed by atoms with Gasteiger partial charge in [-0.15, -0.1) is 11.3 Å². The van der Waals surface area contributed by atoms with Crippen LogP contribution in [-0.4, -0.2) is 0 Å². The van der Waals surface area contributed by atoms with E-state index in [1.54, 1.807) is 0 Å². The Morgan fingerprint density at radius 2 is 0.873 bits per heavy atom. The van der Waals surface area contributed by atoms with E-state index in [4.69, 9.17) is 4.42 Å². The summed E-state index contributed by atoms with van der Waals surface area (Å²) in [6.07, 6.45) is 0. The van der Waals surface area contributed by atoms with E-state index >= 15 is 0 Å². The van der Waals surface area contributed by atoms with Gasteiger partial charge in [0.25, 0.3) is 0 Å². The zero-order valence-electron chi connectivity index (χ0n) is 34.3. The van der Waals surface area contributed by atoms with Crippen LogP contribution in [0.25, 0.3) is 97.7 Å². The molecule has 2 nitrogen and oxygen atoms in total. The van der Waals surface area contributed by atoms with E-state index in [0.29, 0.717) is 0 Å². The van der Waals surface area contributed by atoms with Crippen LogP contribution in [0.5, 0.6) is 0 Å². The van der Waals surface area contributed by atoms with Crippen molar-refractivity contribution < 1.29 is 4.42 Å². The normalized spacial score (nSPS) is 11.5. The highest BCUT2D eigenvalue weighted by Crippen LogP contribution is 2.51. The van der Waals surface area contributed by atoms with E-state index in [1.807, 2.05) is 17.4 Å². The number of fused-ring (bicyclic) bond motifs is 6.